The summed E-state index contributed by atoms with van der Waals surface area (Å²) in [6.07, 6.45) is 4.00. The topological polar surface area (TPSA) is 91.2 Å². The van der Waals surface area contributed by atoms with Crippen LogP contribution in [0.3, 0.4) is 0 Å². The lowest BCUT2D eigenvalue weighted by atomic mass is 10.0. The fourth-order valence-electron chi connectivity index (χ4n) is 4.46. The number of fused-ring (bicyclic) bond motifs is 1. The van der Waals surface area contributed by atoms with E-state index in [1.807, 2.05) is 60.7 Å². The summed E-state index contributed by atoms with van der Waals surface area (Å²) >= 11 is 0. The minimum Gasteiger partial charge on any atom is -0.488 e. The van der Waals surface area contributed by atoms with Crippen molar-refractivity contribution in [2.45, 2.75) is 19.4 Å². The predicted octanol–water partition coefficient (Wildman–Crippen LogP) is 5.48. The van der Waals surface area contributed by atoms with Crippen LogP contribution in [-0.4, -0.2) is 36.3 Å². The average Bonchev–Trinajstić information content (AvgIpc) is 3.48. The van der Waals surface area contributed by atoms with Crippen LogP contribution in [0.15, 0.2) is 90.0 Å². The van der Waals surface area contributed by atoms with Crippen molar-refractivity contribution in [1.82, 2.24) is 5.43 Å². The highest BCUT2D eigenvalue weighted by Crippen LogP contribution is 2.27. The van der Waals surface area contributed by atoms with Crippen LogP contribution >= 0.6 is 0 Å². The molecule has 1 amide bonds. The number of carboxylic acids is 1. The number of anilines is 1. The summed E-state index contributed by atoms with van der Waals surface area (Å²) in [5, 5.41) is 15.3. The summed E-state index contributed by atoms with van der Waals surface area (Å²) in [5.41, 5.74) is 6.10. The molecule has 0 aliphatic carbocycles. The fourth-order valence-corrected chi connectivity index (χ4v) is 4.46. The normalized spacial score (nSPS) is 13.2. The number of carboxylic acid groups (broad SMARTS) is 1. The van der Waals surface area contributed by atoms with E-state index >= 15 is 0 Å². The third-order valence-electron chi connectivity index (χ3n) is 6.49. The van der Waals surface area contributed by atoms with Crippen molar-refractivity contribution in [3.8, 4) is 5.75 Å². The average molecular weight is 494 g/mol. The van der Waals surface area contributed by atoms with Crippen LogP contribution < -0.4 is 15.1 Å². The number of ether oxygens (including phenoxy) is 1. The molecule has 1 aliphatic heterocycles. The van der Waals surface area contributed by atoms with E-state index in [2.05, 4.69) is 15.4 Å². The van der Waals surface area contributed by atoms with Gasteiger partial charge in [0.15, 0.2) is 0 Å². The second-order valence-electron chi connectivity index (χ2n) is 8.93. The van der Waals surface area contributed by atoms with Crippen molar-refractivity contribution in [2.24, 2.45) is 5.10 Å². The van der Waals surface area contributed by atoms with E-state index in [0.717, 1.165) is 40.7 Å². The molecule has 2 N–H and O–H groups in total. The number of hydrogen-bond donors (Lipinski definition) is 2. The Morgan fingerprint density at radius 1 is 0.892 bits per heavy atom. The highest BCUT2D eigenvalue weighted by atomic mass is 16.5. The molecule has 37 heavy (non-hydrogen) atoms. The number of carbonyl (C=O) groups excluding carboxylic acids is 1. The van der Waals surface area contributed by atoms with E-state index in [1.54, 1.807) is 30.5 Å². The second kappa shape index (κ2) is 11.0. The van der Waals surface area contributed by atoms with E-state index in [0.29, 0.717) is 11.3 Å². The van der Waals surface area contributed by atoms with Gasteiger partial charge in [0.25, 0.3) is 5.91 Å². The van der Waals surface area contributed by atoms with Crippen molar-refractivity contribution in [3.63, 3.8) is 0 Å². The third kappa shape index (κ3) is 5.62. The first-order chi connectivity index (χ1) is 18.1. The quantitative estimate of drug-likeness (QED) is 0.251. The molecule has 0 aromatic heterocycles. The van der Waals surface area contributed by atoms with Crippen molar-refractivity contribution in [1.29, 1.82) is 0 Å². The van der Waals surface area contributed by atoms with Gasteiger partial charge in [-0.05, 0) is 71.6 Å². The molecule has 4 aromatic rings. The first-order valence-electron chi connectivity index (χ1n) is 12.2. The molecule has 0 saturated carbocycles. The van der Waals surface area contributed by atoms with Gasteiger partial charge in [-0.25, -0.2) is 10.2 Å². The molecule has 4 aromatic carbocycles. The number of hydrazone groups is 1. The molecule has 1 saturated heterocycles. The van der Waals surface area contributed by atoms with E-state index in [1.165, 1.54) is 12.8 Å². The number of carbonyl (C=O) groups is 2. The molecule has 0 unspecified atom stereocenters. The molecular formula is C30H27N3O4. The molecule has 0 radical (unpaired) electrons. The van der Waals surface area contributed by atoms with Gasteiger partial charge in [0, 0.05) is 29.9 Å². The fraction of sp³-hybridized carbons (Fsp3) is 0.167. The zero-order chi connectivity index (χ0) is 25.6. The van der Waals surface area contributed by atoms with Gasteiger partial charge in [-0.2, -0.15) is 5.10 Å². The largest absolute Gasteiger partial charge is 0.488 e. The Bertz CT molecular complexity index is 1440. The SMILES string of the molecule is O=C(O)c1ccc(COc2ccc3ccccc3c2/C=N\NC(=O)c2ccc(N3CCCC3)cc2)cc1. The van der Waals surface area contributed by atoms with Crippen LogP contribution in [0.1, 0.15) is 44.7 Å². The van der Waals surface area contributed by atoms with Gasteiger partial charge in [-0.15, -0.1) is 0 Å². The lowest BCUT2D eigenvalue weighted by Crippen LogP contribution is -2.19. The maximum Gasteiger partial charge on any atom is 0.335 e. The van der Waals surface area contributed by atoms with Gasteiger partial charge < -0.3 is 14.7 Å². The Kier molecular flexibility index (Phi) is 7.12. The molecule has 0 spiro atoms. The summed E-state index contributed by atoms with van der Waals surface area (Å²) in [5.74, 6) is -0.649. The zero-order valence-corrected chi connectivity index (χ0v) is 20.3. The van der Waals surface area contributed by atoms with Crippen molar-refractivity contribution < 1.29 is 19.4 Å². The minimum atomic E-state index is -0.968. The van der Waals surface area contributed by atoms with Crippen LogP contribution in [0.25, 0.3) is 10.8 Å². The van der Waals surface area contributed by atoms with Crippen molar-refractivity contribution >= 4 is 34.6 Å². The molecule has 1 aliphatic rings. The monoisotopic (exact) mass is 493 g/mol. The van der Waals surface area contributed by atoms with Crippen LogP contribution in [0, 0.1) is 0 Å². The van der Waals surface area contributed by atoms with Crippen LogP contribution in [-0.2, 0) is 6.61 Å². The number of aromatic carboxylic acids is 1. The molecule has 0 atom stereocenters. The van der Waals surface area contributed by atoms with Crippen LogP contribution in [0.4, 0.5) is 5.69 Å². The van der Waals surface area contributed by atoms with E-state index in [9.17, 15) is 9.59 Å². The van der Waals surface area contributed by atoms with Gasteiger partial charge >= 0.3 is 5.97 Å². The summed E-state index contributed by atoms with van der Waals surface area (Å²) in [6, 6.07) is 25.9. The Hall–Kier alpha value is -4.65. The summed E-state index contributed by atoms with van der Waals surface area (Å²) in [7, 11) is 0. The number of hydrogen-bond acceptors (Lipinski definition) is 5. The number of benzene rings is 4. The predicted molar refractivity (Wildman–Crippen MR) is 145 cm³/mol. The van der Waals surface area contributed by atoms with Gasteiger partial charge in [0.05, 0.1) is 11.8 Å². The van der Waals surface area contributed by atoms with Gasteiger partial charge in [-0.3, -0.25) is 4.79 Å². The molecule has 7 nitrogen and oxygen atoms in total. The van der Waals surface area contributed by atoms with Gasteiger partial charge in [-0.1, -0.05) is 42.5 Å². The number of nitrogens with one attached hydrogen (secondary N) is 1. The second-order valence-corrected chi connectivity index (χ2v) is 8.93. The molecular weight excluding hydrogens is 466 g/mol. The van der Waals surface area contributed by atoms with Gasteiger partial charge in [0.1, 0.15) is 12.4 Å². The number of nitrogens with zero attached hydrogens (tertiary/aromatic N) is 2. The Labute approximate surface area is 215 Å². The molecule has 7 heteroatoms. The summed E-state index contributed by atoms with van der Waals surface area (Å²) in [6.45, 7) is 2.37. The first kappa shape index (κ1) is 24.1. The summed E-state index contributed by atoms with van der Waals surface area (Å²) in [4.78, 5) is 26.1. The highest BCUT2D eigenvalue weighted by molar-refractivity contribution is 6.03. The third-order valence-corrected chi connectivity index (χ3v) is 6.49. The smallest absolute Gasteiger partial charge is 0.335 e. The Morgan fingerprint density at radius 3 is 2.32 bits per heavy atom. The first-order valence-corrected chi connectivity index (χ1v) is 12.2. The highest BCUT2D eigenvalue weighted by Gasteiger charge is 2.13. The Balaban J connectivity index is 1.31. The number of rotatable bonds is 8. The van der Waals surface area contributed by atoms with Crippen LogP contribution in [0.5, 0.6) is 5.75 Å². The van der Waals surface area contributed by atoms with Crippen molar-refractivity contribution in [3.05, 3.63) is 107 Å². The molecule has 1 fully saturated rings. The molecule has 1 heterocycles. The maximum atomic E-state index is 12.7. The molecule has 5 rings (SSSR count). The lowest BCUT2D eigenvalue weighted by Gasteiger charge is -2.17. The van der Waals surface area contributed by atoms with Crippen LogP contribution in [0.2, 0.25) is 0 Å². The lowest BCUT2D eigenvalue weighted by molar-refractivity contribution is 0.0696. The van der Waals surface area contributed by atoms with E-state index in [-0.39, 0.29) is 18.1 Å². The standard InChI is InChI=1S/C30H27N3O4/c34-29(23-11-14-25(15-12-23)33-17-3-4-18-33)32-31-19-27-26-6-2-1-5-22(26)13-16-28(27)37-20-21-7-9-24(10-8-21)30(35)36/h1-2,5-16,19H,3-4,17-18,20H2,(H,32,34)(H,35,36)/b31-19-. The summed E-state index contributed by atoms with van der Waals surface area (Å²) < 4.78 is 6.08. The minimum absolute atomic E-state index is 0.226. The van der Waals surface area contributed by atoms with E-state index in [4.69, 9.17) is 9.84 Å². The molecule has 0 bridgehead atoms. The molecule has 186 valence electrons. The Morgan fingerprint density at radius 2 is 1.59 bits per heavy atom. The van der Waals surface area contributed by atoms with Gasteiger partial charge in [0.2, 0.25) is 0 Å². The number of amides is 1. The van der Waals surface area contributed by atoms with E-state index < -0.39 is 5.97 Å². The zero-order valence-electron chi connectivity index (χ0n) is 20.3. The maximum absolute atomic E-state index is 12.7. The van der Waals surface area contributed by atoms with Crippen molar-refractivity contribution in [2.75, 3.05) is 18.0 Å².